The first kappa shape index (κ1) is 16.0. The first-order valence-electron chi connectivity index (χ1n) is 7.35. The van der Waals surface area contributed by atoms with Gasteiger partial charge in [0, 0.05) is 25.2 Å². The second-order valence-electron chi connectivity index (χ2n) is 5.33. The van der Waals surface area contributed by atoms with Gasteiger partial charge in [0.05, 0.1) is 4.90 Å². The van der Waals surface area contributed by atoms with Gasteiger partial charge in [0.2, 0.25) is 10.0 Å². The average Bonchev–Trinajstić information content (AvgIpc) is 2.47. The van der Waals surface area contributed by atoms with E-state index >= 15 is 0 Å². The number of carbonyl (C=O) groups excluding carboxylic acids is 1. The summed E-state index contributed by atoms with van der Waals surface area (Å²) < 4.78 is 26.6. The molecule has 0 unspecified atom stereocenters. The molecule has 21 heavy (non-hydrogen) atoms. The van der Waals surface area contributed by atoms with Crippen molar-refractivity contribution < 1.29 is 13.2 Å². The van der Waals surface area contributed by atoms with Crippen LogP contribution >= 0.6 is 0 Å². The summed E-state index contributed by atoms with van der Waals surface area (Å²) in [5.74, 6) is -0.0688. The minimum absolute atomic E-state index is 0.0688. The van der Waals surface area contributed by atoms with Gasteiger partial charge in [-0.15, -0.1) is 0 Å². The summed E-state index contributed by atoms with van der Waals surface area (Å²) in [6, 6.07) is 4.73. The zero-order valence-electron chi connectivity index (χ0n) is 12.6. The fourth-order valence-corrected chi connectivity index (χ4v) is 3.61. The Morgan fingerprint density at radius 2 is 1.90 bits per heavy atom. The highest BCUT2D eigenvalue weighted by Crippen LogP contribution is 2.19. The van der Waals surface area contributed by atoms with Crippen LogP contribution < -0.4 is 4.72 Å². The molecule has 1 heterocycles. The number of aryl methyl sites for hydroxylation is 1. The maximum atomic E-state index is 12.6. The van der Waals surface area contributed by atoms with Gasteiger partial charge in [-0.2, -0.15) is 0 Å². The molecule has 0 aliphatic carbocycles. The second kappa shape index (κ2) is 6.58. The van der Waals surface area contributed by atoms with Crippen LogP contribution in [0.1, 0.15) is 42.1 Å². The fraction of sp³-hybridized carbons (Fsp3) is 0.533. The quantitative estimate of drug-likeness (QED) is 0.924. The van der Waals surface area contributed by atoms with Crippen LogP contribution in [0.3, 0.4) is 0 Å². The molecule has 1 saturated heterocycles. The molecule has 5 nitrogen and oxygen atoms in total. The third kappa shape index (κ3) is 3.63. The number of nitrogens with one attached hydrogen (secondary N) is 1. The van der Waals surface area contributed by atoms with E-state index in [1.807, 2.05) is 11.8 Å². The van der Waals surface area contributed by atoms with Gasteiger partial charge >= 0.3 is 0 Å². The van der Waals surface area contributed by atoms with E-state index in [0.717, 1.165) is 37.9 Å². The molecule has 1 fully saturated rings. The zero-order chi connectivity index (χ0) is 15.5. The van der Waals surface area contributed by atoms with E-state index in [4.69, 9.17) is 0 Å². The highest BCUT2D eigenvalue weighted by molar-refractivity contribution is 7.89. The molecule has 0 saturated carbocycles. The van der Waals surface area contributed by atoms with Crippen LogP contribution in [0.2, 0.25) is 0 Å². The molecular formula is C15H22N2O3S. The molecule has 1 aromatic rings. The van der Waals surface area contributed by atoms with Gasteiger partial charge in [-0.1, -0.05) is 13.0 Å². The summed E-state index contributed by atoms with van der Waals surface area (Å²) in [7, 11) is -3.53. The van der Waals surface area contributed by atoms with E-state index in [-0.39, 0.29) is 10.8 Å². The molecule has 0 spiro atoms. The molecule has 1 aromatic carbocycles. The molecule has 1 N–H and O–H groups in total. The maximum absolute atomic E-state index is 12.6. The summed E-state index contributed by atoms with van der Waals surface area (Å²) in [6.07, 6.45) is 3.18. The molecule has 1 amide bonds. The normalized spacial score (nSPS) is 16.0. The standard InChI is InChI=1S/C15H22N2O3S/c1-3-16-21(19,20)13-8-7-12(2)14(11-13)15(18)17-9-5-4-6-10-17/h7-8,11,16H,3-6,9-10H2,1-2H3. The largest absolute Gasteiger partial charge is 0.339 e. The van der Waals surface area contributed by atoms with Crippen LogP contribution in [0.15, 0.2) is 23.1 Å². The summed E-state index contributed by atoms with van der Waals surface area (Å²) in [5, 5.41) is 0. The average molecular weight is 310 g/mol. The van der Waals surface area contributed by atoms with Gasteiger partial charge < -0.3 is 4.90 Å². The summed E-state index contributed by atoms with van der Waals surface area (Å²) >= 11 is 0. The Labute approximate surface area is 126 Å². The maximum Gasteiger partial charge on any atom is 0.254 e. The lowest BCUT2D eigenvalue weighted by atomic mass is 10.1. The first-order valence-corrected chi connectivity index (χ1v) is 8.83. The van der Waals surface area contributed by atoms with E-state index < -0.39 is 10.0 Å². The van der Waals surface area contributed by atoms with E-state index in [0.29, 0.717) is 12.1 Å². The molecule has 1 aliphatic heterocycles. The van der Waals surface area contributed by atoms with Crippen molar-refractivity contribution in [2.75, 3.05) is 19.6 Å². The van der Waals surface area contributed by atoms with Gasteiger partial charge in [0.25, 0.3) is 5.91 Å². The Hall–Kier alpha value is -1.40. The Balaban J connectivity index is 2.33. The molecule has 0 atom stereocenters. The number of hydrogen-bond donors (Lipinski definition) is 1. The van der Waals surface area contributed by atoms with Crippen molar-refractivity contribution >= 4 is 15.9 Å². The number of sulfonamides is 1. The second-order valence-corrected chi connectivity index (χ2v) is 7.10. The number of rotatable bonds is 4. The first-order chi connectivity index (χ1) is 9.95. The third-order valence-corrected chi connectivity index (χ3v) is 5.27. The van der Waals surface area contributed by atoms with Crippen molar-refractivity contribution in [3.8, 4) is 0 Å². The van der Waals surface area contributed by atoms with Crippen molar-refractivity contribution in [1.29, 1.82) is 0 Å². The molecule has 116 valence electrons. The zero-order valence-corrected chi connectivity index (χ0v) is 13.4. The van der Waals surface area contributed by atoms with Crippen LogP contribution in [0, 0.1) is 6.92 Å². The Morgan fingerprint density at radius 3 is 2.52 bits per heavy atom. The predicted octanol–water partition coefficient (Wildman–Crippen LogP) is 1.92. The smallest absolute Gasteiger partial charge is 0.254 e. The van der Waals surface area contributed by atoms with Crippen molar-refractivity contribution in [3.05, 3.63) is 29.3 Å². The summed E-state index contributed by atoms with van der Waals surface area (Å²) in [6.45, 7) is 5.39. The molecule has 2 rings (SSSR count). The molecule has 6 heteroatoms. The highest BCUT2D eigenvalue weighted by Gasteiger charge is 2.22. The van der Waals surface area contributed by atoms with Gasteiger partial charge in [0.1, 0.15) is 0 Å². The van der Waals surface area contributed by atoms with Crippen molar-refractivity contribution in [2.24, 2.45) is 0 Å². The lowest BCUT2D eigenvalue weighted by molar-refractivity contribution is 0.0723. The summed E-state index contributed by atoms with van der Waals surface area (Å²) in [4.78, 5) is 14.5. The fourth-order valence-electron chi connectivity index (χ4n) is 2.54. The number of amides is 1. The van der Waals surface area contributed by atoms with Crippen molar-refractivity contribution in [2.45, 2.75) is 38.0 Å². The van der Waals surface area contributed by atoms with E-state index in [2.05, 4.69) is 4.72 Å². The Bertz CT molecular complexity index is 620. The van der Waals surface area contributed by atoms with E-state index in [1.54, 1.807) is 19.1 Å². The number of benzene rings is 1. The monoisotopic (exact) mass is 310 g/mol. The number of likely N-dealkylation sites (tertiary alicyclic amines) is 1. The SMILES string of the molecule is CCNS(=O)(=O)c1ccc(C)c(C(=O)N2CCCCC2)c1. The molecule has 1 aliphatic rings. The number of hydrogen-bond acceptors (Lipinski definition) is 3. The number of nitrogens with zero attached hydrogens (tertiary/aromatic N) is 1. The molecule has 0 bridgehead atoms. The number of carbonyl (C=O) groups is 1. The van der Waals surface area contributed by atoms with Crippen LogP contribution in [0.5, 0.6) is 0 Å². The topological polar surface area (TPSA) is 66.5 Å². The van der Waals surface area contributed by atoms with Gasteiger partial charge in [0.15, 0.2) is 0 Å². The highest BCUT2D eigenvalue weighted by atomic mass is 32.2. The van der Waals surface area contributed by atoms with Crippen LogP contribution in [-0.2, 0) is 10.0 Å². The molecular weight excluding hydrogens is 288 g/mol. The minimum atomic E-state index is -3.53. The van der Waals surface area contributed by atoms with Gasteiger partial charge in [-0.25, -0.2) is 13.1 Å². The van der Waals surface area contributed by atoms with Crippen molar-refractivity contribution in [3.63, 3.8) is 0 Å². The summed E-state index contributed by atoms with van der Waals surface area (Å²) in [5.41, 5.74) is 1.29. The third-order valence-electron chi connectivity index (χ3n) is 3.73. The molecule has 0 radical (unpaired) electrons. The van der Waals surface area contributed by atoms with Crippen molar-refractivity contribution in [1.82, 2.24) is 9.62 Å². The van der Waals surface area contributed by atoms with Gasteiger partial charge in [-0.3, -0.25) is 4.79 Å². The van der Waals surface area contributed by atoms with Gasteiger partial charge in [-0.05, 0) is 43.9 Å². The Morgan fingerprint density at radius 1 is 1.24 bits per heavy atom. The lowest BCUT2D eigenvalue weighted by Crippen LogP contribution is -2.36. The van der Waals surface area contributed by atoms with Crippen LogP contribution in [-0.4, -0.2) is 38.9 Å². The number of piperidine rings is 1. The van der Waals surface area contributed by atoms with E-state index in [9.17, 15) is 13.2 Å². The molecule has 0 aromatic heterocycles. The predicted molar refractivity (Wildman–Crippen MR) is 81.8 cm³/mol. The minimum Gasteiger partial charge on any atom is -0.339 e. The lowest BCUT2D eigenvalue weighted by Gasteiger charge is -2.27. The van der Waals surface area contributed by atoms with Crippen LogP contribution in [0.4, 0.5) is 0 Å². The van der Waals surface area contributed by atoms with E-state index in [1.165, 1.54) is 6.07 Å². The van der Waals surface area contributed by atoms with Crippen LogP contribution in [0.25, 0.3) is 0 Å². The Kier molecular flexibility index (Phi) is 5.00.